The fourth-order valence-electron chi connectivity index (χ4n) is 2.85. The third kappa shape index (κ3) is 4.08. The maximum atomic E-state index is 12.0. The molecule has 1 amide bonds. The molecule has 2 fully saturated rings. The molecule has 0 radical (unpaired) electrons. The monoisotopic (exact) mass is 270 g/mol. The number of ether oxygens (including phenoxy) is 1. The molecule has 0 aromatic carbocycles. The first kappa shape index (κ1) is 14.6. The lowest BCUT2D eigenvalue weighted by Crippen LogP contribution is -2.46. The number of piperidine rings is 1. The van der Waals surface area contributed by atoms with Gasteiger partial charge in [-0.3, -0.25) is 4.90 Å². The summed E-state index contributed by atoms with van der Waals surface area (Å²) >= 11 is 0. The number of aliphatic hydroxyl groups is 1. The predicted molar refractivity (Wildman–Crippen MR) is 73.0 cm³/mol. The van der Waals surface area contributed by atoms with Crippen molar-refractivity contribution in [3.63, 3.8) is 0 Å². The Morgan fingerprint density at radius 3 is 2.58 bits per heavy atom. The van der Waals surface area contributed by atoms with Gasteiger partial charge in [0.15, 0.2) is 0 Å². The largest absolute Gasteiger partial charge is 0.444 e. The Balaban J connectivity index is 1.84. The predicted octanol–water partition coefficient (Wildman–Crippen LogP) is 1.45. The molecular weight excluding hydrogens is 244 g/mol. The number of β-amino-alcohol motifs (C(OH)–C–C–N with tert-alkyl or cyclic N) is 1. The van der Waals surface area contributed by atoms with E-state index in [-0.39, 0.29) is 12.2 Å². The summed E-state index contributed by atoms with van der Waals surface area (Å²) in [4.78, 5) is 16.1. The SMILES string of the molecule is CC(C)(C)OC(=O)N1CC[C@@H](N2CCC[C@@H](O)C2)C1. The molecule has 0 spiro atoms. The Morgan fingerprint density at radius 1 is 1.21 bits per heavy atom. The number of likely N-dealkylation sites (tertiary alicyclic amines) is 2. The topological polar surface area (TPSA) is 53.0 Å². The first-order valence-electron chi connectivity index (χ1n) is 7.25. The van der Waals surface area contributed by atoms with Crippen molar-refractivity contribution in [2.45, 2.75) is 57.8 Å². The van der Waals surface area contributed by atoms with Crippen molar-refractivity contribution in [3.05, 3.63) is 0 Å². The van der Waals surface area contributed by atoms with Crippen molar-refractivity contribution >= 4 is 6.09 Å². The lowest BCUT2D eigenvalue weighted by Gasteiger charge is -2.34. The van der Waals surface area contributed by atoms with Crippen LogP contribution in [-0.2, 0) is 4.74 Å². The van der Waals surface area contributed by atoms with Crippen LogP contribution < -0.4 is 0 Å². The van der Waals surface area contributed by atoms with Crippen LogP contribution in [0.25, 0.3) is 0 Å². The van der Waals surface area contributed by atoms with Crippen LogP contribution in [0.15, 0.2) is 0 Å². The van der Waals surface area contributed by atoms with E-state index in [1.807, 2.05) is 20.8 Å². The summed E-state index contributed by atoms with van der Waals surface area (Å²) < 4.78 is 5.40. The maximum Gasteiger partial charge on any atom is 0.410 e. The number of hydrogen-bond acceptors (Lipinski definition) is 4. The fourth-order valence-corrected chi connectivity index (χ4v) is 2.85. The lowest BCUT2D eigenvalue weighted by atomic mass is 10.1. The maximum absolute atomic E-state index is 12.0. The number of nitrogens with zero attached hydrogens (tertiary/aromatic N) is 2. The van der Waals surface area contributed by atoms with Gasteiger partial charge in [0.05, 0.1) is 6.10 Å². The van der Waals surface area contributed by atoms with Crippen LogP contribution in [0.1, 0.15) is 40.0 Å². The van der Waals surface area contributed by atoms with E-state index in [4.69, 9.17) is 4.74 Å². The molecule has 0 aromatic rings. The fraction of sp³-hybridized carbons (Fsp3) is 0.929. The average Bonchev–Trinajstić information content (AvgIpc) is 2.75. The van der Waals surface area contributed by atoms with Crippen LogP contribution in [0.2, 0.25) is 0 Å². The van der Waals surface area contributed by atoms with Gasteiger partial charge in [0.1, 0.15) is 5.60 Å². The molecule has 2 rings (SSSR count). The van der Waals surface area contributed by atoms with E-state index in [0.717, 1.165) is 45.4 Å². The molecule has 1 N–H and O–H groups in total. The second-order valence-corrected chi connectivity index (χ2v) is 6.66. The molecule has 2 saturated heterocycles. The minimum atomic E-state index is -0.434. The van der Waals surface area contributed by atoms with Gasteiger partial charge in [-0.25, -0.2) is 4.79 Å². The highest BCUT2D eigenvalue weighted by atomic mass is 16.6. The molecular formula is C14H26N2O3. The van der Waals surface area contributed by atoms with Gasteiger partial charge >= 0.3 is 6.09 Å². The molecule has 19 heavy (non-hydrogen) atoms. The van der Waals surface area contributed by atoms with E-state index in [0.29, 0.717) is 6.04 Å². The summed E-state index contributed by atoms with van der Waals surface area (Å²) in [5.74, 6) is 0. The molecule has 110 valence electrons. The van der Waals surface area contributed by atoms with E-state index >= 15 is 0 Å². The highest BCUT2D eigenvalue weighted by Crippen LogP contribution is 2.22. The van der Waals surface area contributed by atoms with Crippen molar-refractivity contribution < 1.29 is 14.6 Å². The van der Waals surface area contributed by atoms with Crippen LogP contribution in [0.3, 0.4) is 0 Å². The molecule has 0 saturated carbocycles. The second kappa shape index (κ2) is 5.67. The third-order valence-corrected chi connectivity index (χ3v) is 3.76. The molecule has 0 bridgehead atoms. The molecule has 2 heterocycles. The van der Waals surface area contributed by atoms with Gasteiger partial charge in [0.25, 0.3) is 0 Å². The number of amides is 1. The van der Waals surface area contributed by atoms with Gasteiger partial charge in [0, 0.05) is 25.7 Å². The number of carbonyl (C=O) groups is 1. The lowest BCUT2D eigenvalue weighted by molar-refractivity contribution is 0.0244. The molecule has 5 heteroatoms. The summed E-state index contributed by atoms with van der Waals surface area (Å²) in [6.45, 7) is 8.92. The van der Waals surface area contributed by atoms with Crippen molar-refractivity contribution in [2.75, 3.05) is 26.2 Å². The number of carbonyl (C=O) groups excluding carboxylic acids is 1. The van der Waals surface area contributed by atoms with Gasteiger partial charge in [-0.2, -0.15) is 0 Å². The first-order chi connectivity index (χ1) is 8.85. The zero-order chi connectivity index (χ0) is 14.0. The highest BCUT2D eigenvalue weighted by Gasteiger charge is 2.34. The smallest absolute Gasteiger partial charge is 0.410 e. The quantitative estimate of drug-likeness (QED) is 0.783. The molecule has 2 aliphatic heterocycles. The molecule has 0 aromatic heterocycles. The third-order valence-electron chi connectivity index (χ3n) is 3.76. The zero-order valence-electron chi connectivity index (χ0n) is 12.3. The van der Waals surface area contributed by atoms with Gasteiger partial charge in [-0.1, -0.05) is 0 Å². The van der Waals surface area contributed by atoms with E-state index < -0.39 is 5.60 Å². The minimum Gasteiger partial charge on any atom is -0.444 e. The van der Waals surface area contributed by atoms with Crippen molar-refractivity contribution in [1.82, 2.24) is 9.80 Å². The van der Waals surface area contributed by atoms with Gasteiger partial charge in [0.2, 0.25) is 0 Å². The van der Waals surface area contributed by atoms with Crippen molar-refractivity contribution in [1.29, 1.82) is 0 Å². The number of aliphatic hydroxyl groups excluding tert-OH is 1. The van der Waals surface area contributed by atoms with Crippen LogP contribution in [0.4, 0.5) is 4.79 Å². The summed E-state index contributed by atoms with van der Waals surface area (Å²) in [7, 11) is 0. The van der Waals surface area contributed by atoms with E-state index in [1.165, 1.54) is 0 Å². The van der Waals surface area contributed by atoms with Gasteiger partial charge < -0.3 is 14.7 Å². The highest BCUT2D eigenvalue weighted by molar-refractivity contribution is 5.68. The summed E-state index contributed by atoms with van der Waals surface area (Å²) in [5, 5.41) is 9.72. The van der Waals surface area contributed by atoms with E-state index in [1.54, 1.807) is 4.90 Å². The Bertz CT molecular complexity index is 327. The van der Waals surface area contributed by atoms with Crippen molar-refractivity contribution in [3.8, 4) is 0 Å². The molecule has 5 nitrogen and oxygen atoms in total. The minimum absolute atomic E-state index is 0.204. The first-order valence-corrected chi connectivity index (χ1v) is 7.25. The molecule has 0 unspecified atom stereocenters. The van der Waals surface area contributed by atoms with Crippen LogP contribution in [0, 0.1) is 0 Å². The Hall–Kier alpha value is -0.810. The summed E-state index contributed by atoms with van der Waals surface area (Å²) in [5.41, 5.74) is -0.434. The van der Waals surface area contributed by atoms with Crippen molar-refractivity contribution in [2.24, 2.45) is 0 Å². The molecule has 0 aliphatic carbocycles. The molecule has 2 atom stereocenters. The van der Waals surface area contributed by atoms with Crippen LogP contribution >= 0.6 is 0 Å². The summed E-state index contributed by atoms with van der Waals surface area (Å²) in [6.07, 6.45) is 2.51. The normalized spacial score (nSPS) is 29.6. The summed E-state index contributed by atoms with van der Waals surface area (Å²) in [6, 6.07) is 0.377. The molecule has 2 aliphatic rings. The Labute approximate surface area is 115 Å². The zero-order valence-corrected chi connectivity index (χ0v) is 12.3. The second-order valence-electron chi connectivity index (χ2n) is 6.66. The van der Waals surface area contributed by atoms with Gasteiger partial charge in [-0.05, 0) is 46.6 Å². The van der Waals surface area contributed by atoms with E-state index in [9.17, 15) is 9.90 Å². The van der Waals surface area contributed by atoms with E-state index in [2.05, 4.69) is 4.90 Å². The average molecular weight is 270 g/mol. The van der Waals surface area contributed by atoms with Crippen LogP contribution in [-0.4, -0.2) is 64.9 Å². The standard InChI is InChI=1S/C14H26N2O3/c1-14(2,3)19-13(18)16-8-6-11(9-16)15-7-4-5-12(17)10-15/h11-12,17H,4-10H2,1-3H3/t11-,12-/m1/s1. The number of hydrogen-bond donors (Lipinski definition) is 1. The Kier molecular flexibility index (Phi) is 4.36. The van der Waals surface area contributed by atoms with Crippen LogP contribution in [0.5, 0.6) is 0 Å². The Morgan fingerprint density at radius 2 is 1.95 bits per heavy atom. The van der Waals surface area contributed by atoms with Gasteiger partial charge in [-0.15, -0.1) is 0 Å². The number of rotatable bonds is 1.